The minimum atomic E-state index is -3.86. The Bertz CT molecular complexity index is 1200. The van der Waals surface area contributed by atoms with Crippen molar-refractivity contribution in [2.75, 3.05) is 20.2 Å². The van der Waals surface area contributed by atoms with E-state index in [4.69, 9.17) is 16.3 Å². The summed E-state index contributed by atoms with van der Waals surface area (Å²) in [5.41, 5.74) is 6.15. The van der Waals surface area contributed by atoms with Crippen LogP contribution in [-0.2, 0) is 19.6 Å². The normalized spacial score (nSPS) is 11.2. The molecule has 11 heteroatoms. The van der Waals surface area contributed by atoms with Crippen molar-refractivity contribution >= 4 is 44.8 Å². The van der Waals surface area contributed by atoms with Crippen LogP contribution in [-0.4, -0.2) is 44.7 Å². The molecule has 1 aromatic heterocycles. The van der Waals surface area contributed by atoms with E-state index in [-0.39, 0.29) is 10.8 Å². The molecule has 0 atom stereocenters. The molecular weight excluding hydrogens is 474 g/mol. The number of amides is 2. The number of para-hydroxylation sites is 1. The number of hydrazine groups is 1. The van der Waals surface area contributed by atoms with Crippen LogP contribution >= 0.6 is 22.9 Å². The number of benzene rings is 2. The first-order valence-corrected chi connectivity index (χ1v) is 12.0. The Kier molecular flexibility index (Phi) is 7.86. The van der Waals surface area contributed by atoms with Gasteiger partial charge in [-0.1, -0.05) is 60.1 Å². The molecule has 2 aromatic carbocycles. The average molecular weight is 494 g/mol. The molecule has 0 aliphatic heterocycles. The van der Waals surface area contributed by atoms with Gasteiger partial charge in [-0.2, -0.15) is 4.31 Å². The summed E-state index contributed by atoms with van der Waals surface area (Å²) in [6, 6.07) is 19.7. The van der Waals surface area contributed by atoms with Gasteiger partial charge in [-0.25, -0.2) is 8.42 Å². The lowest BCUT2D eigenvalue weighted by molar-refractivity contribution is -0.130. The smallest absolute Gasteiger partial charge is 0.276 e. The number of ether oxygens (including phenoxy) is 1. The zero-order valence-electron chi connectivity index (χ0n) is 16.9. The number of hydrogen-bond acceptors (Lipinski definition) is 6. The summed E-state index contributed by atoms with van der Waals surface area (Å²) in [6.07, 6.45) is 0. The van der Waals surface area contributed by atoms with Crippen LogP contribution in [0.5, 0.6) is 5.75 Å². The quantitative estimate of drug-likeness (QED) is 0.469. The standard InChI is InChI=1S/C21H20ClN3O5S2/c1-25(32(28,29)21-12-11-18(22)31-21)13-19(26)23-24-20(27)14-30-17-10-6-5-9-16(17)15-7-3-2-4-8-15/h2-12H,13-14H2,1H3,(H,23,26)(H,24,27). The maximum Gasteiger partial charge on any atom is 0.276 e. The highest BCUT2D eigenvalue weighted by Crippen LogP contribution is 2.29. The summed E-state index contributed by atoms with van der Waals surface area (Å²) < 4.78 is 31.6. The van der Waals surface area contributed by atoms with Crippen LogP contribution in [0.25, 0.3) is 11.1 Å². The first kappa shape index (κ1) is 23.7. The van der Waals surface area contributed by atoms with Gasteiger partial charge < -0.3 is 4.74 Å². The van der Waals surface area contributed by atoms with Gasteiger partial charge in [0, 0.05) is 12.6 Å². The Morgan fingerprint density at radius 1 is 0.969 bits per heavy atom. The molecule has 0 saturated heterocycles. The maximum atomic E-state index is 12.4. The van der Waals surface area contributed by atoms with E-state index in [1.165, 1.54) is 19.2 Å². The number of nitrogens with zero attached hydrogens (tertiary/aromatic N) is 1. The number of carbonyl (C=O) groups is 2. The average Bonchev–Trinajstić information content (AvgIpc) is 3.24. The number of likely N-dealkylation sites (N-methyl/N-ethyl adjacent to an activating group) is 1. The fourth-order valence-corrected chi connectivity index (χ4v) is 5.50. The van der Waals surface area contributed by atoms with E-state index in [0.29, 0.717) is 10.1 Å². The Hall–Kier alpha value is -2.92. The lowest BCUT2D eigenvalue weighted by Crippen LogP contribution is -2.48. The van der Waals surface area contributed by atoms with Gasteiger partial charge in [0.05, 0.1) is 10.9 Å². The highest BCUT2D eigenvalue weighted by Gasteiger charge is 2.24. The first-order chi connectivity index (χ1) is 15.3. The molecule has 32 heavy (non-hydrogen) atoms. The second-order valence-electron chi connectivity index (χ2n) is 6.57. The third-order valence-electron chi connectivity index (χ3n) is 4.25. The molecular formula is C21H20ClN3O5S2. The molecule has 0 bridgehead atoms. The van der Waals surface area contributed by atoms with Crippen LogP contribution in [0.4, 0.5) is 0 Å². The van der Waals surface area contributed by atoms with Crippen LogP contribution in [0.15, 0.2) is 70.9 Å². The highest BCUT2D eigenvalue weighted by molar-refractivity contribution is 7.91. The number of carbonyl (C=O) groups excluding carboxylic acids is 2. The second kappa shape index (κ2) is 10.6. The SMILES string of the molecule is CN(CC(=O)NNC(=O)COc1ccccc1-c1ccccc1)S(=O)(=O)c1ccc(Cl)s1. The molecule has 1 heterocycles. The van der Waals surface area contributed by atoms with E-state index in [2.05, 4.69) is 10.9 Å². The summed E-state index contributed by atoms with van der Waals surface area (Å²) in [5, 5.41) is 0. The van der Waals surface area contributed by atoms with Crippen LogP contribution in [0.2, 0.25) is 4.34 Å². The van der Waals surface area contributed by atoms with Gasteiger partial charge in [0.15, 0.2) is 6.61 Å². The first-order valence-electron chi connectivity index (χ1n) is 9.34. The van der Waals surface area contributed by atoms with Crippen LogP contribution < -0.4 is 15.6 Å². The highest BCUT2D eigenvalue weighted by atomic mass is 35.5. The zero-order chi connectivity index (χ0) is 23.1. The number of hydrogen-bond donors (Lipinski definition) is 2. The number of sulfonamides is 1. The summed E-state index contributed by atoms with van der Waals surface area (Å²) >= 11 is 6.67. The van der Waals surface area contributed by atoms with Crippen molar-refractivity contribution < 1.29 is 22.7 Å². The molecule has 168 valence electrons. The molecule has 3 aromatic rings. The Labute approximate surface area is 194 Å². The van der Waals surface area contributed by atoms with Crippen molar-refractivity contribution in [3.8, 4) is 16.9 Å². The number of nitrogens with one attached hydrogen (secondary N) is 2. The Morgan fingerprint density at radius 3 is 2.31 bits per heavy atom. The molecule has 0 spiro atoms. The third kappa shape index (κ3) is 6.07. The predicted molar refractivity (Wildman–Crippen MR) is 123 cm³/mol. The zero-order valence-corrected chi connectivity index (χ0v) is 19.3. The molecule has 8 nitrogen and oxygen atoms in total. The van der Waals surface area contributed by atoms with Crippen molar-refractivity contribution in [3.05, 3.63) is 71.1 Å². The van der Waals surface area contributed by atoms with Crippen molar-refractivity contribution in [3.63, 3.8) is 0 Å². The molecule has 0 aliphatic rings. The van der Waals surface area contributed by atoms with Crippen LogP contribution in [0, 0.1) is 0 Å². The maximum absolute atomic E-state index is 12.4. The van der Waals surface area contributed by atoms with Crippen LogP contribution in [0.1, 0.15) is 0 Å². The minimum absolute atomic E-state index is 0.0207. The van der Waals surface area contributed by atoms with Gasteiger partial charge in [0.2, 0.25) is 0 Å². The molecule has 0 radical (unpaired) electrons. The minimum Gasteiger partial charge on any atom is -0.483 e. The monoisotopic (exact) mass is 493 g/mol. The molecule has 0 unspecified atom stereocenters. The molecule has 3 rings (SSSR count). The molecule has 0 aliphatic carbocycles. The van der Waals surface area contributed by atoms with E-state index < -0.39 is 28.4 Å². The van der Waals surface area contributed by atoms with Gasteiger partial charge in [-0.3, -0.25) is 20.4 Å². The summed E-state index contributed by atoms with van der Waals surface area (Å²) in [7, 11) is -2.60. The predicted octanol–water partition coefficient (Wildman–Crippen LogP) is 2.92. The molecule has 2 N–H and O–H groups in total. The van der Waals surface area contributed by atoms with Crippen molar-refractivity contribution in [1.82, 2.24) is 15.2 Å². The van der Waals surface area contributed by atoms with Gasteiger partial charge in [0.25, 0.3) is 21.8 Å². The van der Waals surface area contributed by atoms with E-state index >= 15 is 0 Å². The Morgan fingerprint density at radius 2 is 1.62 bits per heavy atom. The molecule has 0 fully saturated rings. The fraction of sp³-hybridized carbons (Fsp3) is 0.143. The lowest BCUT2D eigenvalue weighted by atomic mass is 10.1. The lowest BCUT2D eigenvalue weighted by Gasteiger charge is -2.16. The largest absolute Gasteiger partial charge is 0.483 e. The summed E-state index contributed by atoms with van der Waals surface area (Å²) in [5.74, 6) is -0.797. The van der Waals surface area contributed by atoms with E-state index in [1.807, 2.05) is 42.5 Å². The van der Waals surface area contributed by atoms with Gasteiger partial charge in [-0.05, 0) is 23.8 Å². The van der Waals surface area contributed by atoms with Gasteiger partial charge >= 0.3 is 0 Å². The topological polar surface area (TPSA) is 105 Å². The summed E-state index contributed by atoms with van der Waals surface area (Å²) in [6.45, 7) is -0.832. The van der Waals surface area contributed by atoms with Crippen molar-refractivity contribution in [2.24, 2.45) is 0 Å². The third-order valence-corrected chi connectivity index (χ3v) is 7.75. The second-order valence-corrected chi connectivity index (χ2v) is 10.6. The van der Waals surface area contributed by atoms with Crippen LogP contribution in [0.3, 0.4) is 0 Å². The van der Waals surface area contributed by atoms with Crippen molar-refractivity contribution in [1.29, 1.82) is 0 Å². The number of halogens is 1. The van der Waals surface area contributed by atoms with E-state index in [1.54, 1.807) is 12.1 Å². The molecule has 0 saturated carbocycles. The van der Waals surface area contributed by atoms with Crippen molar-refractivity contribution in [2.45, 2.75) is 4.21 Å². The number of thiophene rings is 1. The Balaban J connectivity index is 1.50. The fourth-order valence-electron chi connectivity index (χ4n) is 2.68. The van der Waals surface area contributed by atoms with Gasteiger partial charge in [0.1, 0.15) is 9.96 Å². The van der Waals surface area contributed by atoms with E-state index in [0.717, 1.165) is 26.8 Å². The van der Waals surface area contributed by atoms with E-state index in [9.17, 15) is 18.0 Å². The van der Waals surface area contributed by atoms with Gasteiger partial charge in [-0.15, -0.1) is 11.3 Å². The molecule has 2 amide bonds. The number of rotatable bonds is 8. The summed E-state index contributed by atoms with van der Waals surface area (Å²) in [4.78, 5) is 24.1.